The number of rotatable bonds is 6. The van der Waals surface area contributed by atoms with E-state index in [9.17, 15) is 9.59 Å². The Balaban J connectivity index is 1.75. The molecule has 0 N–H and O–H groups in total. The van der Waals surface area contributed by atoms with Gasteiger partial charge in [-0.3, -0.25) is 9.59 Å². The first kappa shape index (κ1) is 18.1. The number of halogens is 1. The highest BCUT2D eigenvalue weighted by Gasteiger charge is 2.25. The third kappa shape index (κ3) is 5.43. The van der Waals surface area contributed by atoms with Gasteiger partial charge >= 0.3 is 5.97 Å². The molecular formula is C17H22ClNO3S. The van der Waals surface area contributed by atoms with Gasteiger partial charge in [-0.2, -0.15) is 0 Å². The predicted octanol–water partition coefficient (Wildman–Crippen LogP) is 3.77. The van der Waals surface area contributed by atoms with Crippen molar-refractivity contribution in [3.05, 3.63) is 29.3 Å². The van der Waals surface area contributed by atoms with Crippen molar-refractivity contribution >= 4 is 35.2 Å². The van der Waals surface area contributed by atoms with E-state index in [4.69, 9.17) is 16.3 Å². The first-order valence-electron chi connectivity index (χ1n) is 7.94. The molecule has 0 aromatic heterocycles. The van der Waals surface area contributed by atoms with E-state index in [2.05, 4.69) is 6.92 Å². The topological polar surface area (TPSA) is 46.6 Å². The van der Waals surface area contributed by atoms with Gasteiger partial charge in [0.2, 0.25) is 0 Å². The Kier molecular flexibility index (Phi) is 7.24. The number of carbonyl (C=O) groups excluding carboxylic acids is 2. The molecule has 1 fully saturated rings. The maximum Gasteiger partial charge on any atom is 0.316 e. The second-order valence-electron chi connectivity index (χ2n) is 5.52. The second kappa shape index (κ2) is 9.18. The van der Waals surface area contributed by atoms with Gasteiger partial charge in [-0.05, 0) is 37.8 Å². The van der Waals surface area contributed by atoms with Gasteiger partial charge in [0.1, 0.15) is 0 Å². The van der Waals surface area contributed by atoms with Gasteiger partial charge in [-0.1, -0.05) is 30.7 Å². The van der Waals surface area contributed by atoms with E-state index in [-0.39, 0.29) is 24.3 Å². The Morgan fingerprint density at radius 3 is 2.87 bits per heavy atom. The third-order valence-corrected chi connectivity index (χ3v) is 5.45. The van der Waals surface area contributed by atoms with E-state index in [1.807, 2.05) is 23.1 Å². The number of nitrogens with zero attached hydrogens (tertiary/aromatic N) is 1. The van der Waals surface area contributed by atoms with Gasteiger partial charge in [0.15, 0.2) is 6.61 Å². The lowest BCUT2D eigenvalue weighted by molar-refractivity contribution is -0.151. The molecule has 1 amide bonds. The zero-order valence-electron chi connectivity index (χ0n) is 13.3. The molecular weight excluding hydrogens is 334 g/mol. The fraction of sp³-hybridized carbons (Fsp3) is 0.529. The van der Waals surface area contributed by atoms with E-state index in [1.54, 1.807) is 6.07 Å². The summed E-state index contributed by atoms with van der Waals surface area (Å²) < 4.78 is 5.12. The number of thioether (sulfide) groups is 1. The number of hydrogen-bond acceptors (Lipinski definition) is 4. The highest BCUT2D eigenvalue weighted by atomic mass is 35.5. The predicted molar refractivity (Wildman–Crippen MR) is 92.8 cm³/mol. The molecule has 6 heteroatoms. The van der Waals surface area contributed by atoms with E-state index >= 15 is 0 Å². The molecule has 126 valence electrons. The number of hydrogen-bond donors (Lipinski definition) is 0. The number of piperidine rings is 1. The average molecular weight is 356 g/mol. The zero-order chi connectivity index (χ0) is 16.7. The molecule has 0 radical (unpaired) electrons. The van der Waals surface area contributed by atoms with E-state index in [1.165, 1.54) is 11.8 Å². The van der Waals surface area contributed by atoms with Crippen LogP contribution in [0.1, 0.15) is 32.6 Å². The van der Waals surface area contributed by atoms with Crippen LogP contribution in [0.4, 0.5) is 0 Å². The summed E-state index contributed by atoms with van der Waals surface area (Å²) in [5.74, 6) is -0.338. The molecule has 1 aliphatic rings. The van der Waals surface area contributed by atoms with Crippen LogP contribution in [0, 0.1) is 0 Å². The third-order valence-electron chi connectivity index (χ3n) is 3.96. The minimum atomic E-state index is -0.395. The van der Waals surface area contributed by atoms with Crippen molar-refractivity contribution in [2.75, 3.05) is 18.9 Å². The smallest absolute Gasteiger partial charge is 0.316 e. The number of ether oxygens (including phenoxy) is 1. The summed E-state index contributed by atoms with van der Waals surface area (Å²) in [7, 11) is 0. The summed E-state index contributed by atoms with van der Waals surface area (Å²) >= 11 is 7.35. The lowest BCUT2D eigenvalue weighted by Gasteiger charge is -2.35. The van der Waals surface area contributed by atoms with E-state index < -0.39 is 5.97 Å². The number of benzene rings is 1. The summed E-state index contributed by atoms with van der Waals surface area (Å²) in [5, 5.41) is 0.612. The van der Waals surface area contributed by atoms with Gasteiger partial charge in [0, 0.05) is 17.5 Å². The summed E-state index contributed by atoms with van der Waals surface area (Å²) in [6.45, 7) is 2.68. The summed E-state index contributed by atoms with van der Waals surface area (Å²) in [6, 6.07) is 7.62. The molecule has 4 nitrogen and oxygen atoms in total. The standard InChI is InChI=1S/C17H22ClNO3S/c1-2-13-7-5-6-10-19(13)16(20)11-22-17(21)12-23-15-9-4-3-8-14(15)18/h3-4,8-9,13H,2,5-7,10-12H2,1H3. The van der Waals surface area contributed by atoms with Crippen molar-refractivity contribution in [3.8, 4) is 0 Å². The Hall–Kier alpha value is -1.20. The molecule has 0 bridgehead atoms. The lowest BCUT2D eigenvalue weighted by atomic mass is 10.00. The molecule has 1 saturated heterocycles. The normalized spacial score (nSPS) is 17.8. The van der Waals surface area contributed by atoms with Crippen molar-refractivity contribution in [2.24, 2.45) is 0 Å². The van der Waals surface area contributed by atoms with Crippen LogP contribution in [0.15, 0.2) is 29.2 Å². The van der Waals surface area contributed by atoms with Crippen molar-refractivity contribution in [1.29, 1.82) is 0 Å². The Bertz CT molecular complexity index is 552. The van der Waals surface area contributed by atoms with Crippen molar-refractivity contribution < 1.29 is 14.3 Å². The highest BCUT2D eigenvalue weighted by molar-refractivity contribution is 8.00. The molecule has 0 spiro atoms. The van der Waals surface area contributed by atoms with Crippen LogP contribution in [0.3, 0.4) is 0 Å². The molecule has 0 aliphatic carbocycles. The second-order valence-corrected chi connectivity index (χ2v) is 6.95. The number of amides is 1. The summed E-state index contributed by atoms with van der Waals surface area (Å²) in [5.41, 5.74) is 0. The van der Waals surface area contributed by atoms with Crippen molar-refractivity contribution in [3.63, 3.8) is 0 Å². The molecule has 1 aliphatic heterocycles. The quantitative estimate of drug-likeness (QED) is 0.575. The van der Waals surface area contributed by atoms with Crippen LogP contribution in [0.5, 0.6) is 0 Å². The van der Waals surface area contributed by atoms with Crippen LogP contribution in [-0.2, 0) is 14.3 Å². The minimum absolute atomic E-state index is 0.0901. The van der Waals surface area contributed by atoms with Gasteiger partial charge in [0.05, 0.1) is 10.8 Å². The fourth-order valence-electron chi connectivity index (χ4n) is 2.72. The van der Waals surface area contributed by atoms with Gasteiger partial charge in [0.25, 0.3) is 5.91 Å². The largest absolute Gasteiger partial charge is 0.455 e. The maximum absolute atomic E-state index is 12.2. The number of carbonyl (C=O) groups is 2. The molecule has 0 saturated carbocycles. The van der Waals surface area contributed by atoms with Crippen LogP contribution in [0.25, 0.3) is 0 Å². The van der Waals surface area contributed by atoms with Crippen LogP contribution in [-0.4, -0.2) is 41.7 Å². The first-order valence-corrected chi connectivity index (χ1v) is 9.30. The van der Waals surface area contributed by atoms with E-state index in [0.29, 0.717) is 5.02 Å². The van der Waals surface area contributed by atoms with Gasteiger partial charge in [-0.15, -0.1) is 11.8 Å². The van der Waals surface area contributed by atoms with Gasteiger partial charge in [-0.25, -0.2) is 0 Å². The lowest BCUT2D eigenvalue weighted by Crippen LogP contribution is -2.45. The first-order chi connectivity index (χ1) is 11.1. The highest BCUT2D eigenvalue weighted by Crippen LogP contribution is 2.26. The summed E-state index contributed by atoms with van der Waals surface area (Å²) in [4.78, 5) is 26.7. The van der Waals surface area contributed by atoms with Crippen molar-refractivity contribution in [2.45, 2.75) is 43.5 Å². The molecule has 1 heterocycles. The average Bonchev–Trinajstić information content (AvgIpc) is 2.58. The van der Waals surface area contributed by atoms with Gasteiger partial charge < -0.3 is 9.64 Å². The Morgan fingerprint density at radius 2 is 2.13 bits per heavy atom. The van der Waals surface area contributed by atoms with Crippen LogP contribution < -0.4 is 0 Å². The Morgan fingerprint density at radius 1 is 1.35 bits per heavy atom. The zero-order valence-corrected chi connectivity index (χ0v) is 14.9. The molecule has 2 rings (SSSR count). The molecule has 1 aromatic rings. The fourth-order valence-corrected chi connectivity index (χ4v) is 3.76. The molecule has 1 unspecified atom stereocenters. The maximum atomic E-state index is 12.2. The molecule has 1 aromatic carbocycles. The van der Waals surface area contributed by atoms with Crippen molar-refractivity contribution in [1.82, 2.24) is 4.90 Å². The van der Waals surface area contributed by atoms with Crippen LogP contribution in [0.2, 0.25) is 5.02 Å². The molecule has 1 atom stereocenters. The Labute approximate surface area is 146 Å². The number of esters is 1. The SMILES string of the molecule is CCC1CCCCN1C(=O)COC(=O)CSc1ccccc1Cl. The monoisotopic (exact) mass is 355 g/mol. The van der Waals surface area contributed by atoms with E-state index in [0.717, 1.165) is 37.1 Å². The van der Waals surface area contributed by atoms with Crippen LogP contribution >= 0.6 is 23.4 Å². The summed E-state index contributed by atoms with van der Waals surface area (Å²) in [6.07, 6.45) is 4.18. The molecule has 23 heavy (non-hydrogen) atoms. The number of likely N-dealkylation sites (tertiary alicyclic amines) is 1. The minimum Gasteiger partial charge on any atom is -0.455 e.